The van der Waals surface area contributed by atoms with Crippen LogP contribution in [0.3, 0.4) is 0 Å². The molecule has 1 amide bonds. The molecule has 0 saturated heterocycles. The highest BCUT2D eigenvalue weighted by Crippen LogP contribution is 2.23. The van der Waals surface area contributed by atoms with Crippen LogP contribution < -0.4 is 10.6 Å². The number of rotatable bonds is 3. The molecule has 0 radical (unpaired) electrons. The summed E-state index contributed by atoms with van der Waals surface area (Å²) in [5.41, 5.74) is 7.78. The number of hydrogen-bond acceptors (Lipinski definition) is 3. The van der Waals surface area contributed by atoms with Crippen LogP contribution in [0.1, 0.15) is 36.0 Å². The van der Waals surface area contributed by atoms with Crippen molar-refractivity contribution in [1.82, 2.24) is 4.90 Å². The van der Waals surface area contributed by atoms with Gasteiger partial charge in [0.25, 0.3) is 5.91 Å². The van der Waals surface area contributed by atoms with Crippen LogP contribution in [0, 0.1) is 0 Å². The standard InChI is InChI=1S/C16H25N3O/c1-18(2)14-8-4-12(5-9-14)16(20)19(3)15-10-6-13(17)7-11-15/h4-5,8-9,13,15H,6-7,10-11,17H2,1-3H3. The molecule has 110 valence electrons. The fourth-order valence-corrected chi connectivity index (χ4v) is 2.76. The van der Waals surface area contributed by atoms with E-state index in [1.54, 1.807) is 0 Å². The Kier molecular flexibility index (Phi) is 4.65. The van der Waals surface area contributed by atoms with Crippen molar-refractivity contribution in [1.29, 1.82) is 0 Å². The second kappa shape index (κ2) is 6.27. The van der Waals surface area contributed by atoms with Crippen molar-refractivity contribution in [2.24, 2.45) is 5.73 Å². The summed E-state index contributed by atoms with van der Waals surface area (Å²) in [6.45, 7) is 0. The summed E-state index contributed by atoms with van der Waals surface area (Å²) in [4.78, 5) is 16.4. The fourth-order valence-electron chi connectivity index (χ4n) is 2.76. The Balaban J connectivity index is 2.02. The van der Waals surface area contributed by atoms with Gasteiger partial charge in [-0.2, -0.15) is 0 Å². The molecule has 0 heterocycles. The number of benzene rings is 1. The van der Waals surface area contributed by atoms with Gasteiger partial charge < -0.3 is 15.5 Å². The zero-order chi connectivity index (χ0) is 14.7. The minimum Gasteiger partial charge on any atom is -0.378 e. The van der Waals surface area contributed by atoms with Crippen LogP contribution in [0.2, 0.25) is 0 Å². The molecule has 1 aromatic carbocycles. The summed E-state index contributed by atoms with van der Waals surface area (Å²) in [5, 5.41) is 0. The van der Waals surface area contributed by atoms with Gasteiger partial charge in [0.15, 0.2) is 0 Å². The SMILES string of the molecule is CN(C)c1ccc(C(=O)N(C)C2CCC(N)CC2)cc1. The average Bonchev–Trinajstić information content (AvgIpc) is 2.46. The molecule has 0 bridgehead atoms. The lowest BCUT2D eigenvalue weighted by atomic mass is 9.90. The Hall–Kier alpha value is -1.55. The number of nitrogens with zero attached hydrogens (tertiary/aromatic N) is 2. The third kappa shape index (κ3) is 3.31. The van der Waals surface area contributed by atoms with Crippen molar-refractivity contribution >= 4 is 11.6 Å². The first-order valence-electron chi connectivity index (χ1n) is 7.29. The lowest BCUT2D eigenvalue weighted by molar-refractivity contribution is 0.0690. The van der Waals surface area contributed by atoms with Crippen molar-refractivity contribution in [3.8, 4) is 0 Å². The molecule has 0 aliphatic heterocycles. The lowest BCUT2D eigenvalue weighted by Gasteiger charge is -2.33. The van der Waals surface area contributed by atoms with Gasteiger partial charge in [-0.05, 0) is 49.9 Å². The first-order valence-corrected chi connectivity index (χ1v) is 7.29. The van der Waals surface area contributed by atoms with Crippen LogP contribution in [0.15, 0.2) is 24.3 Å². The predicted octanol–water partition coefficient (Wildman–Crippen LogP) is 2.09. The first-order chi connectivity index (χ1) is 9.49. The van der Waals surface area contributed by atoms with E-state index >= 15 is 0 Å². The van der Waals surface area contributed by atoms with E-state index in [1.807, 2.05) is 55.2 Å². The smallest absolute Gasteiger partial charge is 0.253 e. The van der Waals surface area contributed by atoms with Gasteiger partial charge in [-0.15, -0.1) is 0 Å². The molecule has 20 heavy (non-hydrogen) atoms. The van der Waals surface area contributed by atoms with Gasteiger partial charge in [0.2, 0.25) is 0 Å². The van der Waals surface area contributed by atoms with E-state index < -0.39 is 0 Å². The predicted molar refractivity (Wildman–Crippen MR) is 83.1 cm³/mol. The van der Waals surface area contributed by atoms with E-state index in [2.05, 4.69) is 0 Å². The zero-order valence-corrected chi connectivity index (χ0v) is 12.7. The molecule has 2 rings (SSSR count). The van der Waals surface area contributed by atoms with E-state index in [-0.39, 0.29) is 5.91 Å². The van der Waals surface area contributed by atoms with Crippen LogP contribution in [-0.2, 0) is 0 Å². The third-order valence-corrected chi connectivity index (χ3v) is 4.24. The largest absolute Gasteiger partial charge is 0.378 e. The third-order valence-electron chi connectivity index (χ3n) is 4.24. The summed E-state index contributed by atoms with van der Waals surface area (Å²) >= 11 is 0. The maximum absolute atomic E-state index is 12.5. The van der Waals surface area contributed by atoms with E-state index in [9.17, 15) is 4.79 Å². The van der Waals surface area contributed by atoms with Crippen LogP contribution in [0.4, 0.5) is 5.69 Å². The number of hydrogen-bond donors (Lipinski definition) is 1. The van der Waals surface area contributed by atoms with Gasteiger partial charge in [-0.25, -0.2) is 0 Å². The van der Waals surface area contributed by atoms with Gasteiger partial charge in [0.1, 0.15) is 0 Å². The molecule has 1 fully saturated rings. The Morgan fingerprint density at radius 2 is 1.60 bits per heavy atom. The number of carbonyl (C=O) groups is 1. The van der Waals surface area contributed by atoms with E-state index in [1.165, 1.54) is 0 Å². The second-order valence-corrected chi connectivity index (χ2v) is 5.93. The van der Waals surface area contributed by atoms with Gasteiger partial charge in [-0.3, -0.25) is 4.79 Å². The van der Waals surface area contributed by atoms with Crippen LogP contribution in [0.5, 0.6) is 0 Å². The zero-order valence-electron chi connectivity index (χ0n) is 12.7. The van der Waals surface area contributed by atoms with Crippen molar-refractivity contribution in [3.63, 3.8) is 0 Å². The Labute approximate surface area is 121 Å². The maximum atomic E-state index is 12.5. The van der Waals surface area contributed by atoms with Crippen LogP contribution >= 0.6 is 0 Å². The number of carbonyl (C=O) groups excluding carboxylic acids is 1. The topological polar surface area (TPSA) is 49.6 Å². The molecular formula is C16H25N3O. The average molecular weight is 275 g/mol. The van der Waals surface area contributed by atoms with Crippen molar-refractivity contribution in [3.05, 3.63) is 29.8 Å². The number of nitrogens with two attached hydrogens (primary N) is 1. The summed E-state index contributed by atoms with van der Waals surface area (Å²) < 4.78 is 0. The quantitative estimate of drug-likeness (QED) is 0.919. The molecule has 0 atom stereocenters. The molecule has 0 spiro atoms. The molecule has 2 N–H and O–H groups in total. The van der Waals surface area contributed by atoms with E-state index in [0.29, 0.717) is 12.1 Å². The van der Waals surface area contributed by atoms with Gasteiger partial charge >= 0.3 is 0 Å². The van der Waals surface area contributed by atoms with Crippen LogP contribution in [-0.4, -0.2) is 44.0 Å². The summed E-state index contributed by atoms with van der Waals surface area (Å²) in [7, 11) is 5.89. The minimum absolute atomic E-state index is 0.107. The molecule has 4 nitrogen and oxygen atoms in total. The van der Waals surface area contributed by atoms with Crippen molar-refractivity contribution in [2.45, 2.75) is 37.8 Å². The molecule has 1 aliphatic rings. The second-order valence-electron chi connectivity index (χ2n) is 5.93. The summed E-state index contributed by atoms with van der Waals surface area (Å²) in [6, 6.07) is 8.42. The number of amides is 1. The van der Waals surface area contributed by atoms with Gasteiger partial charge in [-0.1, -0.05) is 0 Å². The highest BCUT2D eigenvalue weighted by atomic mass is 16.2. The summed E-state index contributed by atoms with van der Waals surface area (Å²) in [5.74, 6) is 0.107. The molecule has 1 aliphatic carbocycles. The lowest BCUT2D eigenvalue weighted by Crippen LogP contribution is -2.41. The van der Waals surface area contributed by atoms with Gasteiger partial charge in [0.05, 0.1) is 0 Å². The van der Waals surface area contributed by atoms with E-state index in [4.69, 9.17) is 5.73 Å². The number of anilines is 1. The Morgan fingerprint density at radius 1 is 1.05 bits per heavy atom. The first kappa shape index (κ1) is 14.9. The highest BCUT2D eigenvalue weighted by molar-refractivity contribution is 5.94. The molecule has 1 aromatic rings. The minimum atomic E-state index is 0.107. The van der Waals surface area contributed by atoms with Crippen molar-refractivity contribution < 1.29 is 4.79 Å². The molecule has 0 aromatic heterocycles. The highest BCUT2D eigenvalue weighted by Gasteiger charge is 2.25. The van der Waals surface area contributed by atoms with Crippen molar-refractivity contribution in [2.75, 3.05) is 26.0 Å². The normalized spacial score (nSPS) is 22.4. The van der Waals surface area contributed by atoms with E-state index in [0.717, 1.165) is 36.9 Å². The summed E-state index contributed by atoms with van der Waals surface area (Å²) in [6.07, 6.45) is 4.06. The molecular weight excluding hydrogens is 250 g/mol. The fraction of sp³-hybridized carbons (Fsp3) is 0.562. The van der Waals surface area contributed by atoms with Crippen LogP contribution in [0.25, 0.3) is 0 Å². The van der Waals surface area contributed by atoms with Gasteiger partial charge in [0, 0.05) is 44.5 Å². The Bertz CT molecular complexity index is 447. The molecule has 4 heteroatoms. The Morgan fingerprint density at radius 3 is 2.10 bits per heavy atom. The monoisotopic (exact) mass is 275 g/mol. The molecule has 1 saturated carbocycles. The molecule has 0 unspecified atom stereocenters. The maximum Gasteiger partial charge on any atom is 0.253 e.